The summed E-state index contributed by atoms with van der Waals surface area (Å²) >= 11 is 3.30. The van der Waals surface area contributed by atoms with E-state index in [9.17, 15) is 9.90 Å². The highest BCUT2D eigenvalue weighted by Gasteiger charge is 2.26. The number of ether oxygens (including phenoxy) is 2. The number of fused-ring (bicyclic) bond motifs is 1. The molecule has 118 valence electrons. The van der Waals surface area contributed by atoms with Gasteiger partial charge < -0.3 is 14.6 Å². The summed E-state index contributed by atoms with van der Waals surface area (Å²) in [5.74, 6) is 0.772. The van der Waals surface area contributed by atoms with Crippen LogP contribution >= 0.6 is 15.9 Å². The van der Waals surface area contributed by atoms with Gasteiger partial charge in [-0.1, -0.05) is 28.1 Å². The number of carbonyl (C=O) groups is 1. The molecule has 1 amide bonds. The van der Waals surface area contributed by atoms with Crippen molar-refractivity contribution in [2.45, 2.75) is 6.10 Å². The number of halogens is 1. The first-order chi connectivity index (χ1) is 11.1. The van der Waals surface area contributed by atoms with Crippen LogP contribution in [0.3, 0.4) is 0 Å². The second kappa shape index (κ2) is 6.70. The van der Waals surface area contributed by atoms with E-state index in [0.717, 1.165) is 4.47 Å². The van der Waals surface area contributed by atoms with Crippen LogP contribution < -0.4 is 14.9 Å². The second-order valence-corrected chi connectivity index (χ2v) is 5.72. The lowest BCUT2D eigenvalue weighted by atomic mass is 10.2. The molecule has 0 saturated heterocycles. The van der Waals surface area contributed by atoms with Crippen molar-refractivity contribution in [1.82, 2.24) is 5.43 Å². The molecular formula is C16H13BrN2O4. The number of phenolic OH excluding ortho intramolecular Hbond substituents is 1. The molecule has 1 aliphatic heterocycles. The van der Waals surface area contributed by atoms with Crippen LogP contribution in [0, 0.1) is 0 Å². The van der Waals surface area contributed by atoms with Crippen molar-refractivity contribution >= 4 is 28.1 Å². The summed E-state index contributed by atoms with van der Waals surface area (Å²) in [6.07, 6.45) is 0.577. The lowest BCUT2D eigenvalue weighted by Gasteiger charge is -2.24. The lowest BCUT2D eigenvalue weighted by Crippen LogP contribution is -2.42. The van der Waals surface area contributed by atoms with E-state index >= 15 is 0 Å². The Bertz CT molecular complexity index is 763. The van der Waals surface area contributed by atoms with Gasteiger partial charge in [-0.2, -0.15) is 5.10 Å². The molecule has 1 atom stereocenters. The summed E-state index contributed by atoms with van der Waals surface area (Å²) in [7, 11) is 0. The number of amides is 1. The van der Waals surface area contributed by atoms with E-state index in [0.29, 0.717) is 17.1 Å². The third kappa shape index (κ3) is 3.62. The largest absolute Gasteiger partial charge is 0.507 e. The van der Waals surface area contributed by atoms with E-state index in [1.165, 1.54) is 12.3 Å². The zero-order valence-electron chi connectivity index (χ0n) is 11.9. The molecule has 7 heteroatoms. The number of nitrogens with zero attached hydrogens (tertiary/aromatic N) is 1. The first kappa shape index (κ1) is 15.4. The van der Waals surface area contributed by atoms with Gasteiger partial charge in [-0.3, -0.25) is 4.79 Å². The van der Waals surface area contributed by atoms with Gasteiger partial charge in [0.2, 0.25) is 6.10 Å². The zero-order chi connectivity index (χ0) is 16.2. The first-order valence-corrected chi connectivity index (χ1v) is 7.63. The highest BCUT2D eigenvalue weighted by molar-refractivity contribution is 9.10. The SMILES string of the molecule is O=C(N/N=C/c1cc(Br)ccc1O)[C@H]1COc2ccccc2O1. The Kier molecular flexibility index (Phi) is 4.47. The van der Waals surface area contributed by atoms with Crippen LogP contribution in [0.1, 0.15) is 5.56 Å². The maximum absolute atomic E-state index is 12.0. The Morgan fingerprint density at radius 1 is 1.30 bits per heavy atom. The number of nitrogens with one attached hydrogen (secondary N) is 1. The zero-order valence-corrected chi connectivity index (χ0v) is 13.5. The van der Waals surface area contributed by atoms with Crippen LogP contribution in [0.5, 0.6) is 17.2 Å². The molecule has 0 spiro atoms. The molecular weight excluding hydrogens is 364 g/mol. The fourth-order valence-electron chi connectivity index (χ4n) is 2.01. The second-order valence-electron chi connectivity index (χ2n) is 4.80. The summed E-state index contributed by atoms with van der Waals surface area (Å²) in [4.78, 5) is 12.0. The predicted octanol–water partition coefficient (Wildman–Crippen LogP) is 2.44. The normalized spacial score (nSPS) is 16.3. The number of carbonyl (C=O) groups excluding carboxylic acids is 1. The fourth-order valence-corrected chi connectivity index (χ4v) is 2.39. The van der Waals surface area contributed by atoms with E-state index in [1.54, 1.807) is 30.3 Å². The summed E-state index contributed by atoms with van der Waals surface area (Å²) in [5.41, 5.74) is 2.86. The van der Waals surface area contributed by atoms with Gasteiger partial charge in [-0.15, -0.1) is 0 Å². The number of hydrogen-bond donors (Lipinski definition) is 2. The van der Waals surface area contributed by atoms with Gasteiger partial charge in [0, 0.05) is 10.0 Å². The van der Waals surface area contributed by atoms with Gasteiger partial charge in [0.05, 0.1) is 6.21 Å². The molecule has 0 aromatic heterocycles. The van der Waals surface area contributed by atoms with E-state index in [2.05, 4.69) is 26.5 Å². The number of hydrazone groups is 1. The van der Waals surface area contributed by atoms with Crippen molar-refractivity contribution < 1.29 is 19.4 Å². The molecule has 1 heterocycles. The van der Waals surface area contributed by atoms with E-state index in [4.69, 9.17) is 9.47 Å². The van der Waals surface area contributed by atoms with Crippen molar-refractivity contribution in [3.05, 3.63) is 52.5 Å². The van der Waals surface area contributed by atoms with Crippen LogP contribution in [0.25, 0.3) is 0 Å². The van der Waals surface area contributed by atoms with Gasteiger partial charge in [-0.25, -0.2) is 5.43 Å². The van der Waals surface area contributed by atoms with Crippen LogP contribution in [-0.4, -0.2) is 29.9 Å². The maximum Gasteiger partial charge on any atom is 0.284 e. The predicted molar refractivity (Wildman–Crippen MR) is 87.9 cm³/mol. The lowest BCUT2D eigenvalue weighted by molar-refractivity contribution is -0.130. The molecule has 23 heavy (non-hydrogen) atoms. The Morgan fingerprint density at radius 3 is 2.91 bits per heavy atom. The Hall–Kier alpha value is -2.54. The Labute approximate surface area is 140 Å². The summed E-state index contributed by atoms with van der Waals surface area (Å²) in [6, 6.07) is 12.1. The average molecular weight is 377 g/mol. The van der Waals surface area contributed by atoms with E-state index in [-0.39, 0.29) is 12.4 Å². The quantitative estimate of drug-likeness (QED) is 0.636. The molecule has 0 unspecified atom stereocenters. The molecule has 0 radical (unpaired) electrons. The van der Waals surface area contributed by atoms with Crippen molar-refractivity contribution in [2.75, 3.05) is 6.61 Å². The fraction of sp³-hybridized carbons (Fsp3) is 0.125. The smallest absolute Gasteiger partial charge is 0.284 e. The minimum atomic E-state index is -0.779. The van der Waals surface area contributed by atoms with Gasteiger partial charge in [0.15, 0.2) is 11.5 Å². The molecule has 2 N–H and O–H groups in total. The molecule has 0 aliphatic carbocycles. The van der Waals surface area contributed by atoms with Crippen LogP contribution in [0.15, 0.2) is 52.0 Å². The average Bonchev–Trinajstić information content (AvgIpc) is 2.57. The van der Waals surface area contributed by atoms with Crippen LogP contribution in [0.2, 0.25) is 0 Å². The van der Waals surface area contributed by atoms with Crippen molar-refractivity contribution in [2.24, 2.45) is 5.10 Å². The summed E-state index contributed by atoms with van der Waals surface area (Å²) in [5, 5.41) is 13.5. The Balaban J connectivity index is 1.62. The highest BCUT2D eigenvalue weighted by atomic mass is 79.9. The van der Waals surface area contributed by atoms with E-state index in [1.807, 2.05) is 6.07 Å². The molecule has 6 nitrogen and oxygen atoms in total. The monoisotopic (exact) mass is 376 g/mol. The third-order valence-electron chi connectivity index (χ3n) is 3.17. The number of aromatic hydroxyl groups is 1. The minimum Gasteiger partial charge on any atom is -0.507 e. The van der Waals surface area contributed by atoms with Gasteiger partial charge >= 0.3 is 0 Å². The van der Waals surface area contributed by atoms with E-state index < -0.39 is 12.0 Å². The molecule has 0 fully saturated rings. The number of rotatable bonds is 3. The number of phenols is 1. The topological polar surface area (TPSA) is 80.2 Å². The maximum atomic E-state index is 12.0. The van der Waals surface area contributed by atoms with Crippen molar-refractivity contribution in [1.29, 1.82) is 0 Å². The highest BCUT2D eigenvalue weighted by Crippen LogP contribution is 2.30. The van der Waals surface area contributed by atoms with Gasteiger partial charge in [0.25, 0.3) is 5.91 Å². The molecule has 3 rings (SSSR count). The first-order valence-electron chi connectivity index (χ1n) is 6.83. The third-order valence-corrected chi connectivity index (χ3v) is 3.66. The standard InChI is InChI=1S/C16H13BrN2O4/c17-11-5-6-12(20)10(7-11)8-18-19-16(21)15-9-22-13-3-1-2-4-14(13)23-15/h1-8,15,20H,9H2,(H,19,21)/b18-8+/t15-/m1/s1. The van der Waals surface area contributed by atoms with Gasteiger partial charge in [-0.05, 0) is 30.3 Å². The summed E-state index contributed by atoms with van der Waals surface area (Å²) in [6.45, 7) is 0.112. The molecule has 1 aliphatic rings. The molecule has 0 saturated carbocycles. The molecule has 2 aromatic carbocycles. The van der Waals surface area contributed by atoms with Crippen molar-refractivity contribution in [3.63, 3.8) is 0 Å². The number of benzene rings is 2. The van der Waals surface area contributed by atoms with Crippen LogP contribution in [0.4, 0.5) is 0 Å². The molecule has 2 aromatic rings. The minimum absolute atomic E-state index is 0.0670. The number of para-hydroxylation sites is 2. The van der Waals surface area contributed by atoms with Crippen molar-refractivity contribution in [3.8, 4) is 17.2 Å². The molecule has 0 bridgehead atoms. The van der Waals surface area contributed by atoms with Crippen LogP contribution in [-0.2, 0) is 4.79 Å². The Morgan fingerprint density at radius 2 is 2.09 bits per heavy atom. The number of hydrogen-bond acceptors (Lipinski definition) is 5. The van der Waals surface area contributed by atoms with Gasteiger partial charge in [0.1, 0.15) is 12.4 Å². The summed E-state index contributed by atoms with van der Waals surface area (Å²) < 4.78 is 11.8.